The molecule has 0 atom stereocenters. The molecular weight excluding hydrogens is 430 g/mol. The summed E-state index contributed by atoms with van der Waals surface area (Å²) in [4.78, 5) is 29.3. The summed E-state index contributed by atoms with van der Waals surface area (Å²) in [5, 5.41) is 9.91. The smallest absolute Gasteiger partial charge is 0.257 e. The van der Waals surface area contributed by atoms with Gasteiger partial charge < -0.3 is 14.9 Å². The maximum absolute atomic E-state index is 13.0. The van der Waals surface area contributed by atoms with Crippen molar-refractivity contribution in [2.24, 2.45) is 5.92 Å². The number of hydrogen-bond acceptors (Lipinski definition) is 5. The highest BCUT2D eigenvalue weighted by Crippen LogP contribution is 2.26. The van der Waals surface area contributed by atoms with E-state index in [0.717, 1.165) is 0 Å². The van der Waals surface area contributed by atoms with Crippen LogP contribution >= 0.6 is 0 Å². The summed E-state index contributed by atoms with van der Waals surface area (Å²) in [6, 6.07) is 14.8. The molecule has 8 nitrogen and oxygen atoms in total. The standard InChI is InChI=1S/C23H27N3O5S/c27-21-9-5-4-8-20(21)23(29)25-16-14-24(15-17-25)22(28)18-10-12-26(13-11-18)32(30,31)19-6-2-1-3-7-19/h1-9,18,27H,10-17H2. The molecule has 2 amide bonds. The first-order chi connectivity index (χ1) is 15.4. The second-order valence-electron chi connectivity index (χ2n) is 8.13. The first-order valence-electron chi connectivity index (χ1n) is 10.8. The molecule has 0 radical (unpaired) electrons. The third-order valence-electron chi connectivity index (χ3n) is 6.20. The largest absolute Gasteiger partial charge is 0.507 e. The van der Waals surface area contributed by atoms with Gasteiger partial charge in [0, 0.05) is 45.2 Å². The zero-order valence-corrected chi connectivity index (χ0v) is 18.6. The van der Waals surface area contributed by atoms with Crippen LogP contribution in [0.4, 0.5) is 0 Å². The Morgan fingerprint density at radius 2 is 1.34 bits per heavy atom. The summed E-state index contributed by atoms with van der Waals surface area (Å²) in [5.74, 6) is -0.475. The molecule has 0 aromatic heterocycles. The Morgan fingerprint density at radius 1 is 0.781 bits per heavy atom. The number of hydrogen-bond donors (Lipinski definition) is 1. The van der Waals surface area contributed by atoms with Gasteiger partial charge in [0.1, 0.15) is 5.75 Å². The fourth-order valence-electron chi connectivity index (χ4n) is 4.30. The Kier molecular flexibility index (Phi) is 6.48. The lowest BCUT2D eigenvalue weighted by molar-refractivity contribution is -0.138. The van der Waals surface area contributed by atoms with E-state index in [-0.39, 0.29) is 33.9 Å². The predicted octanol–water partition coefficient (Wildman–Crippen LogP) is 1.78. The second kappa shape index (κ2) is 9.30. The molecule has 2 aliphatic heterocycles. The minimum absolute atomic E-state index is 0.0245. The van der Waals surface area contributed by atoms with E-state index in [1.807, 2.05) is 0 Å². The number of piperidine rings is 1. The van der Waals surface area contributed by atoms with E-state index in [1.54, 1.807) is 58.3 Å². The number of nitrogens with zero attached hydrogens (tertiary/aromatic N) is 3. The third-order valence-corrected chi connectivity index (χ3v) is 8.11. The molecule has 2 aromatic rings. The van der Waals surface area contributed by atoms with Crippen LogP contribution in [0.3, 0.4) is 0 Å². The van der Waals surface area contributed by atoms with Crippen LogP contribution in [0.1, 0.15) is 23.2 Å². The average Bonchev–Trinajstić information content (AvgIpc) is 2.84. The summed E-state index contributed by atoms with van der Waals surface area (Å²) in [6.45, 7) is 2.31. The Labute approximate surface area is 188 Å². The number of para-hydroxylation sites is 1. The quantitative estimate of drug-likeness (QED) is 0.755. The number of phenolic OH excluding ortho intramolecular Hbond substituents is 1. The number of benzene rings is 2. The van der Waals surface area contributed by atoms with Gasteiger partial charge in [0.2, 0.25) is 15.9 Å². The number of aromatic hydroxyl groups is 1. The highest BCUT2D eigenvalue weighted by atomic mass is 32.2. The summed E-state index contributed by atoms with van der Waals surface area (Å²) in [5.41, 5.74) is 0.263. The van der Waals surface area contributed by atoms with Gasteiger partial charge >= 0.3 is 0 Å². The third kappa shape index (κ3) is 4.49. The first kappa shape index (κ1) is 22.3. The number of amides is 2. The minimum atomic E-state index is -3.54. The summed E-state index contributed by atoms with van der Waals surface area (Å²) in [6.07, 6.45) is 0.976. The minimum Gasteiger partial charge on any atom is -0.507 e. The molecule has 32 heavy (non-hydrogen) atoms. The Hall–Kier alpha value is -2.91. The van der Waals surface area contributed by atoms with E-state index < -0.39 is 10.0 Å². The molecule has 4 rings (SSSR count). The van der Waals surface area contributed by atoms with Crippen LogP contribution in [-0.2, 0) is 14.8 Å². The molecule has 170 valence electrons. The summed E-state index contributed by atoms with van der Waals surface area (Å²) < 4.78 is 27.0. The lowest BCUT2D eigenvalue weighted by Crippen LogP contribution is -2.53. The van der Waals surface area contributed by atoms with Gasteiger partial charge in [0.05, 0.1) is 10.5 Å². The van der Waals surface area contributed by atoms with Gasteiger partial charge in [-0.15, -0.1) is 0 Å². The van der Waals surface area contributed by atoms with Gasteiger partial charge in [-0.25, -0.2) is 8.42 Å². The van der Waals surface area contributed by atoms with Crippen LogP contribution in [-0.4, -0.2) is 78.7 Å². The average molecular weight is 458 g/mol. The Bertz CT molecular complexity index is 1070. The van der Waals surface area contributed by atoms with Crippen molar-refractivity contribution in [1.82, 2.24) is 14.1 Å². The topological polar surface area (TPSA) is 98.2 Å². The maximum Gasteiger partial charge on any atom is 0.257 e. The molecular formula is C23H27N3O5S. The van der Waals surface area contributed by atoms with Gasteiger partial charge in [-0.05, 0) is 37.1 Å². The lowest BCUT2D eigenvalue weighted by Gasteiger charge is -2.38. The molecule has 9 heteroatoms. The van der Waals surface area contributed by atoms with Gasteiger partial charge in [-0.2, -0.15) is 4.31 Å². The molecule has 0 unspecified atom stereocenters. The van der Waals surface area contributed by atoms with E-state index in [1.165, 1.54) is 10.4 Å². The fraction of sp³-hybridized carbons (Fsp3) is 0.391. The molecule has 1 N–H and O–H groups in total. The normalized spacial score (nSPS) is 18.5. The van der Waals surface area contributed by atoms with E-state index in [2.05, 4.69) is 0 Å². The monoisotopic (exact) mass is 457 g/mol. The van der Waals surface area contributed by atoms with Crippen LogP contribution in [0, 0.1) is 5.92 Å². The van der Waals surface area contributed by atoms with Crippen molar-refractivity contribution in [1.29, 1.82) is 0 Å². The van der Waals surface area contributed by atoms with Crippen LogP contribution in [0.15, 0.2) is 59.5 Å². The second-order valence-corrected chi connectivity index (χ2v) is 10.1. The van der Waals surface area contributed by atoms with Crippen molar-refractivity contribution in [3.8, 4) is 5.75 Å². The van der Waals surface area contributed by atoms with E-state index in [4.69, 9.17) is 0 Å². The zero-order valence-electron chi connectivity index (χ0n) is 17.8. The van der Waals surface area contributed by atoms with Crippen molar-refractivity contribution in [3.63, 3.8) is 0 Å². The van der Waals surface area contributed by atoms with E-state index in [9.17, 15) is 23.1 Å². The molecule has 2 aliphatic rings. The molecule has 0 aliphatic carbocycles. The first-order valence-corrected chi connectivity index (χ1v) is 12.2. The molecule has 2 heterocycles. The molecule has 0 spiro atoms. The zero-order chi connectivity index (χ0) is 22.7. The van der Waals surface area contributed by atoms with E-state index >= 15 is 0 Å². The Balaban J connectivity index is 1.30. The van der Waals surface area contributed by atoms with Gasteiger partial charge in [-0.1, -0.05) is 30.3 Å². The molecule has 0 saturated carbocycles. The Morgan fingerprint density at radius 3 is 1.97 bits per heavy atom. The predicted molar refractivity (Wildman–Crippen MR) is 119 cm³/mol. The maximum atomic E-state index is 13.0. The van der Waals surface area contributed by atoms with Crippen molar-refractivity contribution >= 4 is 21.8 Å². The van der Waals surface area contributed by atoms with Gasteiger partial charge in [0.15, 0.2) is 0 Å². The number of phenols is 1. The molecule has 2 saturated heterocycles. The number of piperazine rings is 1. The summed E-state index contributed by atoms with van der Waals surface area (Å²) >= 11 is 0. The number of carbonyl (C=O) groups excluding carboxylic acids is 2. The van der Waals surface area contributed by atoms with Crippen molar-refractivity contribution in [2.45, 2.75) is 17.7 Å². The highest BCUT2D eigenvalue weighted by molar-refractivity contribution is 7.89. The van der Waals surface area contributed by atoms with Crippen LogP contribution in [0.2, 0.25) is 0 Å². The number of carbonyl (C=O) groups is 2. The SMILES string of the molecule is O=C(c1ccccc1O)N1CCN(C(=O)C2CCN(S(=O)(=O)c3ccccc3)CC2)CC1. The van der Waals surface area contributed by atoms with Crippen LogP contribution in [0.25, 0.3) is 0 Å². The summed E-state index contributed by atoms with van der Waals surface area (Å²) in [7, 11) is -3.54. The van der Waals surface area contributed by atoms with Crippen LogP contribution in [0.5, 0.6) is 5.75 Å². The van der Waals surface area contributed by atoms with Crippen molar-refractivity contribution < 1.29 is 23.1 Å². The lowest BCUT2D eigenvalue weighted by atomic mass is 9.96. The van der Waals surface area contributed by atoms with Crippen molar-refractivity contribution in [3.05, 3.63) is 60.2 Å². The van der Waals surface area contributed by atoms with Crippen LogP contribution < -0.4 is 0 Å². The number of rotatable bonds is 4. The number of sulfonamides is 1. The molecule has 2 fully saturated rings. The highest BCUT2D eigenvalue weighted by Gasteiger charge is 2.35. The van der Waals surface area contributed by atoms with E-state index in [0.29, 0.717) is 52.1 Å². The van der Waals surface area contributed by atoms with Gasteiger partial charge in [-0.3, -0.25) is 9.59 Å². The van der Waals surface area contributed by atoms with Crippen molar-refractivity contribution in [2.75, 3.05) is 39.3 Å². The molecule has 2 aromatic carbocycles. The fourth-order valence-corrected chi connectivity index (χ4v) is 5.79. The van der Waals surface area contributed by atoms with Gasteiger partial charge in [0.25, 0.3) is 5.91 Å². The molecule has 0 bridgehead atoms.